The maximum absolute atomic E-state index is 12.7. The molecule has 0 bridgehead atoms. The normalized spacial score (nSPS) is 11.7. The highest BCUT2D eigenvalue weighted by Gasteiger charge is 2.23. The smallest absolute Gasteiger partial charge is 0.358 e. The first kappa shape index (κ1) is 23.7. The third-order valence-electron chi connectivity index (χ3n) is 4.93. The number of aliphatic hydroxyl groups is 1. The van der Waals surface area contributed by atoms with Gasteiger partial charge < -0.3 is 9.84 Å². The fraction of sp³-hybridized carbons (Fsp3) is 0.333. The van der Waals surface area contributed by atoms with E-state index in [0.29, 0.717) is 17.8 Å². The van der Waals surface area contributed by atoms with Crippen LogP contribution in [0.15, 0.2) is 53.4 Å². The average Bonchev–Trinajstić information content (AvgIpc) is 3.16. The summed E-state index contributed by atoms with van der Waals surface area (Å²) in [5, 5.41) is 13.6. The van der Waals surface area contributed by atoms with Crippen LogP contribution in [0.4, 0.5) is 0 Å². The first-order valence-electron chi connectivity index (χ1n) is 10.4. The van der Waals surface area contributed by atoms with Crippen molar-refractivity contribution in [3.8, 4) is 22.4 Å². The number of hydrogen-bond acceptors (Lipinski definition) is 6. The Bertz CT molecular complexity index is 1210. The van der Waals surface area contributed by atoms with Gasteiger partial charge in [0.05, 0.1) is 23.8 Å². The summed E-state index contributed by atoms with van der Waals surface area (Å²) in [7, 11) is -3.59. The molecule has 170 valence electrons. The van der Waals surface area contributed by atoms with Gasteiger partial charge in [-0.15, -0.1) is 0 Å². The zero-order chi connectivity index (χ0) is 23.5. The number of hydrogen-bond donors (Lipinski definition) is 1. The SMILES string of the molecule is CCOC(=O)c1cc(-c2ccc(-c3ccc(CO)cc3)cc2S(C)(=O)=O)n(CC(C)C)n1. The average molecular weight is 457 g/mol. The molecule has 1 N–H and O–H groups in total. The molecule has 3 rings (SSSR count). The summed E-state index contributed by atoms with van der Waals surface area (Å²) in [6.07, 6.45) is 1.17. The lowest BCUT2D eigenvalue weighted by Crippen LogP contribution is -2.11. The van der Waals surface area contributed by atoms with Gasteiger partial charge in [0.15, 0.2) is 15.5 Å². The minimum atomic E-state index is -3.59. The summed E-state index contributed by atoms with van der Waals surface area (Å²) in [6.45, 7) is 6.44. The van der Waals surface area contributed by atoms with Gasteiger partial charge in [-0.3, -0.25) is 4.68 Å². The fourth-order valence-electron chi connectivity index (χ4n) is 3.45. The number of ether oxygens (including phenoxy) is 1. The van der Waals surface area contributed by atoms with Crippen molar-refractivity contribution in [2.45, 2.75) is 38.8 Å². The number of aromatic nitrogens is 2. The van der Waals surface area contributed by atoms with Crippen LogP contribution in [0.3, 0.4) is 0 Å². The van der Waals surface area contributed by atoms with Crippen molar-refractivity contribution in [2.75, 3.05) is 12.9 Å². The molecule has 7 nitrogen and oxygen atoms in total. The van der Waals surface area contributed by atoms with Crippen LogP contribution in [-0.2, 0) is 27.7 Å². The number of sulfone groups is 1. The van der Waals surface area contributed by atoms with E-state index in [9.17, 15) is 18.3 Å². The van der Waals surface area contributed by atoms with E-state index in [4.69, 9.17) is 4.74 Å². The summed E-state index contributed by atoms with van der Waals surface area (Å²) in [5.74, 6) is -0.313. The summed E-state index contributed by atoms with van der Waals surface area (Å²) < 4.78 is 32.2. The summed E-state index contributed by atoms with van der Waals surface area (Å²) in [5.41, 5.74) is 3.51. The Hall–Kier alpha value is -2.97. The topological polar surface area (TPSA) is 98.5 Å². The highest BCUT2D eigenvalue weighted by Crippen LogP contribution is 2.33. The molecule has 0 aliphatic rings. The number of aliphatic hydroxyl groups excluding tert-OH is 1. The number of nitrogens with zero attached hydrogens (tertiary/aromatic N) is 2. The molecule has 8 heteroatoms. The molecule has 32 heavy (non-hydrogen) atoms. The monoisotopic (exact) mass is 456 g/mol. The van der Waals surface area contributed by atoms with Crippen LogP contribution in [0, 0.1) is 5.92 Å². The minimum absolute atomic E-state index is 0.0591. The molecule has 0 amide bonds. The highest BCUT2D eigenvalue weighted by atomic mass is 32.2. The lowest BCUT2D eigenvalue weighted by Gasteiger charge is -2.14. The van der Waals surface area contributed by atoms with Crippen molar-refractivity contribution in [2.24, 2.45) is 5.92 Å². The van der Waals surface area contributed by atoms with Gasteiger partial charge in [-0.05, 0) is 41.7 Å². The Labute approximate surface area is 188 Å². The van der Waals surface area contributed by atoms with E-state index in [0.717, 1.165) is 16.7 Å². The van der Waals surface area contributed by atoms with Crippen LogP contribution >= 0.6 is 0 Å². The number of carbonyl (C=O) groups excluding carboxylic acids is 1. The van der Waals surface area contributed by atoms with E-state index in [2.05, 4.69) is 5.10 Å². The van der Waals surface area contributed by atoms with Gasteiger partial charge in [-0.25, -0.2) is 13.2 Å². The Kier molecular flexibility index (Phi) is 7.16. The van der Waals surface area contributed by atoms with E-state index in [1.165, 1.54) is 6.26 Å². The fourth-order valence-corrected chi connectivity index (χ4v) is 4.36. The first-order valence-corrected chi connectivity index (χ1v) is 12.3. The molecule has 0 fully saturated rings. The van der Waals surface area contributed by atoms with E-state index in [-0.39, 0.29) is 29.7 Å². The van der Waals surface area contributed by atoms with Crippen LogP contribution in [-0.4, -0.2) is 42.1 Å². The maximum atomic E-state index is 12.7. The Morgan fingerprint density at radius 1 is 1.09 bits per heavy atom. The van der Waals surface area contributed by atoms with E-state index in [1.54, 1.807) is 41.9 Å². The largest absolute Gasteiger partial charge is 0.461 e. The molecule has 3 aromatic rings. The summed E-state index contributed by atoms with van der Waals surface area (Å²) >= 11 is 0. The molecule has 0 aliphatic heterocycles. The lowest BCUT2D eigenvalue weighted by molar-refractivity contribution is 0.0518. The zero-order valence-electron chi connectivity index (χ0n) is 18.7. The van der Waals surface area contributed by atoms with E-state index in [1.807, 2.05) is 32.0 Å². The second kappa shape index (κ2) is 9.67. The van der Waals surface area contributed by atoms with Crippen LogP contribution in [0.1, 0.15) is 36.8 Å². The molecule has 2 aromatic carbocycles. The first-order chi connectivity index (χ1) is 15.1. The number of rotatable bonds is 8. The zero-order valence-corrected chi connectivity index (χ0v) is 19.5. The summed E-state index contributed by atoms with van der Waals surface area (Å²) in [4.78, 5) is 12.4. The van der Waals surface area contributed by atoms with Crippen molar-refractivity contribution in [1.82, 2.24) is 9.78 Å². The Balaban J connectivity index is 2.17. The summed E-state index contributed by atoms with van der Waals surface area (Å²) in [6, 6.07) is 14.1. The molecular weight excluding hydrogens is 428 g/mol. The minimum Gasteiger partial charge on any atom is -0.461 e. The predicted molar refractivity (Wildman–Crippen MR) is 123 cm³/mol. The quantitative estimate of drug-likeness (QED) is 0.516. The van der Waals surface area contributed by atoms with Gasteiger partial charge in [0.2, 0.25) is 0 Å². The third-order valence-corrected chi connectivity index (χ3v) is 6.07. The molecule has 0 spiro atoms. The molecule has 0 radical (unpaired) electrons. The molecule has 0 unspecified atom stereocenters. The third kappa shape index (κ3) is 5.26. The van der Waals surface area contributed by atoms with Gasteiger partial charge >= 0.3 is 5.97 Å². The van der Waals surface area contributed by atoms with Crippen LogP contribution in [0.25, 0.3) is 22.4 Å². The van der Waals surface area contributed by atoms with Gasteiger partial charge in [-0.1, -0.05) is 50.2 Å². The van der Waals surface area contributed by atoms with E-state index < -0.39 is 15.8 Å². The second-order valence-corrected chi connectivity index (χ2v) is 10.0. The van der Waals surface area contributed by atoms with Crippen molar-refractivity contribution < 1.29 is 23.1 Å². The van der Waals surface area contributed by atoms with Crippen LogP contribution in [0.5, 0.6) is 0 Å². The van der Waals surface area contributed by atoms with Crippen molar-refractivity contribution in [3.05, 3.63) is 59.8 Å². The van der Waals surface area contributed by atoms with Crippen molar-refractivity contribution in [1.29, 1.82) is 0 Å². The molecule has 0 saturated heterocycles. The van der Waals surface area contributed by atoms with Crippen molar-refractivity contribution in [3.63, 3.8) is 0 Å². The Morgan fingerprint density at radius 3 is 2.31 bits per heavy atom. The van der Waals surface area contributed by atoms with Gasteiger partial charge in [0, 0.05) is 18.4 Å². The number of esters is 1. The van der Waals surface area contributed by atoms with Gasteiger partial charge in [0.1, 0.15) is 0 Å². The van der Waals surface area contributed by atoms with Crippen LogP contribution < -0.4 is 0 Å². The van der Waals surface area contributed by atoms with Crippen molar-refractivity contribution >= 4 is 15.8 Å². The van der Waals surface area contributed by atoms with Crippen LogP contribution in [0.2, 0.25) is 0 Å². The standard InChI is InChI=1S/C24H28N2O5S/c1-5-31-24(28)21-13-22(26(25-21)14-16(2)3)20-11-10-19(12-23(20)32(4,29)30)18-8-6-17(15-27)7-9-18/h6-13,16,27H,5,14-15H2,1-4H3. The molecule has 0 aliphatic carbocycles. The molecule has 0 saturated carbocycles. The predicted octanol–water partition coefficient (Wildman–Crippen LogP) is 3.95. The van der Waals surface area contributed by atoms with E-state index >= 15 is 0 Å². The van der Waals surface area contributed by atoms with Gasteiger partial charge in [-0.2, -0.15) is 5.10 Å². The number of benzene rings is 2. The highest BCUT2D eigenvalue weighted by molar-refractivity contribution is 7.90. The number of carbonyl (C=O) groups is 1. The lowest BCUT2D eigenvalue weighted by atomic mass is 10.0. The molecule has 0 atom stereocenters. The molecular formula is C24H28N2O5S. The molecule has 1 heterocycles. The molecule has 1 aromatic heterocycles. The second-order valence-electron chi connectivity index (χ2n) is 8.05. The maximum Gasteiger partial charge on any atom is 0.358 e. The van der Waals surface area contributed by atoms with Gasteiger partial charge in [0.25, 0.3) is 0 Å². The Morgan fingerprint density at radius 2 is 1.75 bits per heavy atom.